The van der Waals surface area contributed by atoms with E-state index in [0.29, 0.717) is 5.56 Å². The molecule has 0 aromatic heterocycles. The van der Waals surface area contributed by atoms with E-state index in [1.165, 1.54) is 0 Å². The number of carbonyl (C=O) groups is 3. The molecule has 6 nitrogen and oxygen atoms in total. The van der Waals surface area contributed by atoms with Crippen molar-refractivity contribution in [2.24, 2.45) is 5.92 Å². The van der Waals surface area contributed by atoms with Gasteiger partial charge in [-0.15, -0.1) is 0 Å². The van der Waals surface area contributed by atoms with Crippen LogP contribution in [0.3, 0.4) is 0 Å². The number of carboxylic acid groups (broad SMARTS) is 1. The fraction of sp³-hybridized carbons (Fsp3) is 0.308. The minimum absolute atomic E-state index is 0.104. The zero-order valence-corrected chi connectivity index (χ0v) is 10.1. The van der Waals surface area contributed by atoms with E-state index < -0.39 is 23.8 Å². The van der Waals surface area contributed by atoms with Crippen LogP contribution >= 0.6 is 0 Å². The summed E-state index contributed by atoms with van der Waals surface area (Å²) in [5, 5.41) is 14.2. The van der Waals surface area contributed by atoms with E-state index >= 15 is 0 Å². The highest BCUT2D eigenvalue weighted by molar-refractivity contribution is 5.91. The number of nitrogens with one attached hydrogen (secondary N) is 2. The van der Waals surface area contributed by atoms with Gasteiger partial charge in [0.1, 0.15) is 0 Å². The Morgan fingerprint density at radius 1 is 1.32 bits per heavy atom. The predicted molar refractivity (Wildman–Crippen MR) is 66.1 cm³/mol. The molecule has 1 aromatic rings. The molecule has 1 aromatic carbocycles. The molecule has 2 rings (SSSR count). The molecule has 0 aliphatic carbocycles. The second kappa shape index (κ2) is 5.51. The van der Waals surface area contributed by atoms with Crippen LogP contribution in [-0.2, 0) is 14.4 Å². The maximum absolute atomic E-state index is 11.9. The summed E-state index contributed by atoms with van der Waals surface area (Å²) in [5.74, 6) is -2.24. The van der Waals surface area contributed by atoms with E-state index in [4.69, 9.17) is 0 Å². The van der Waals surface area contributed by atoms with Crippen molar-refractivity contribution in [2.75, 3.05) is 6.54 Å². The average molecular weight is 262 g/mol. The first-order valence-corrected chi connectivity index (χ1v) is 5.92. The van der Waals surface area contributed by atoms with Gasteiger partial charge in [-0.25, -0.2) is 4.79 Å². The highest BCUT2D eigenvalue weighted by Gasteiger charge is 2.31. The van der Waals surface area contributed by atoms with E-state index in [-0.39, 0.29) is 18.9 Å². The van der Waals surface area contributed by atoms with Gasteiger partial charge < -0.3 is 15.7 Å². The maximum Gasteiger partial charge on any atom is 0.330 e. The molecule has 6 heteroatoms. The van der Waals surface area contributed by atoms with Gasteiger partial charge in [0, 0.05) is 13.0 Å². The normalized spacial score (nSPS) is 19.6. The molecule has 0 unspecified atom stereocenters. The number of carboxylic acids is 1. The fourth-order valence-electron chi connectivity index (χ4n) is 1.98. The molecular formula is C13H14N2O4. The van der Waals surface area contributed by atoms with Crippen molar-refractivity contribution < 1.29 is 19.5 Å². The lowest BCUT2D eigenvalue weighted by molar-refractivity contribution is -0.142. The molecule has 1 aliphatic heterocycles. The van der Waals surface area contributed by atoms with E-state index in [2.05, 4.69) is 10.6 Å². The Hall–Kier alpha value is -2.37. The van der Waals surface area contributed by atoms with Crippen molar-refractivity contribution >= 4 is 17.8 Å². The van der Waals surface area contributed by atoms with Crippen molar-refractivity contribution in [3.05, 3.63) is 35.9 Å². The van der Waals surface area contributed by atoms with Gasteiger partial charge in [-0.05, 0) is 5.56 Å². The lowest BCUT2D eigenvalue weighted by Crippen LogP contribution is -2.38. The highest BCUT2D eigenvalue weighted by Crippen LogP contribution is 2.15. The number of hydrogen-bond acceptors (Lipinski definition) is 3. The second-order valence-corrected chi connectivity index (χ2v) is 4.40. The molecule has 0 radical (unpaired) electrons. The number of benzene rings is 1. The second-order valence-electron chi connectivity index (χ2n) is 4.40. The molecule has 1 aliphatic rings. The van der Waals surface area contributed by atoms with Crippen molar-refractivity contribution in [3.8, 4) is 0 Å². The van der Waals surface area contributed by atoms with Crippen molar-refractivity contribution in [1.82, 2.24) is 10.6 Å². The summed E-state index contributed by atoms with van der Waals surface area (Å²) in [4.78, 5) is 34.2. The van der Waals surface area contributed by atoms with Crippen LogP contribution in [0.4, 0.5) is 0 Å². The summed E-state index contributed by atoms with van der Waals surface area (Å²) in [6.07, 6.45) is 0.104. The molecule has 1 fully saturated rings. The summed E-state index contributed by atoms with van der Waals surface area (Å²) in [7, 11) is 0. The zero-order chi connectivity index (χ0) is 13.8. The summed E-state index contributed by atoms with van der Waals surface area (Å²) in [5.41, 5.74) is 0.501. The molecule has 100 valence electrons. The third-order valence-corrected chi connectivity index (χ3v) is 3.01. The lowest BCUT2D eigenvalue weighted by atomic mass is 10.0. The van der Waals surface area contributed by atoms with E-state index in [0.717, 1.165) is 0 Å². The minimum atomic E-state index is -1.13. The van der Waals surface area contributed by atoms with Gasteiger partial charge in [-0.3, -0.25) is 9.59 Å². The first kappa shape index (κ1) is 13.1. The van der Waals surface area contributed by atoms with Crippen LogP contribution in [-0.4, -0.2) is 29.4 Å². The molecule has 2 amide bonds. The molecule has 0 bridgehead atoms. The summed E-state index contributed by atoms with van der Waals surface area (Å²) in [6.45, 7) is 0.256. The number of carbonyl (C=O) groups excluding carboxylic acids is 2. The van der Waals surface area contributed by atoms with Crippen LogP contribution in [0.1, 0.15) is 18.0 Å². The average Bonchev–Trinajstić information content (AvgIpc) is 2.83. The number of amides is 2. The smallest absolute Gasteiger partial charge is 0.330 e. The maximum atomic E-state index is 11.9. The largest absolute Gasteiger partial charge is 0.479 e. The molecule has 19 heavy (non-hydrogen) atoms. The molecular weight excluding hydrogens is 248 g/mol. The van der Waals surface area contributed by atoms with Gasteiger partial charge in [-0.1, -0.05) is 30.3 Å². The molecule has 2 atom stereocenters. The van der Waals surface area contributed by atoms with E-state index in [9.17, 15) is 19.5 Å². The van der Waals surface area contributed by atoms with Gasteiger partial charge in [0.2, 0.25) is 11.8 Å². The van der Waals surface area contributed by atoms with Gasteiger partial charge in [0.15, 0.2) is 6.04 Å². The number of hydrogen-bond donors (Lipinski definition) is 3. The van der Waals surface area contributed by atoms with Crippen molar-refractivity contribution in [3.63, 3.8) is 0 Å². The van der Waals surface area contributed by atoms with E-state index in [1.54, 1.807) is 30.3 Å². The van der Waals surface area contributed by atoms with Gasteiger partial charge in [0.25, 0.3) is 0 Å². The Kier molecular flexibility index (Phi) is 3.79. The Bertz CT molecular complexity index is 501. The van der Waals surface area contributed by atoms with Gasteiger partial charge in [0.05, 0.1) is 5.92 Å². The zero-order valence-electron chi connectivity index (χ0n) is 10.1. The quantitative estimate of drug-likeness (QED) is 0.715. The third kappa shape index (κ3) is 3.09. The molecule has 0 saturated carbocycles. The third-order valence-electron chi connectivity index (χ3n) is 3.01. The van der Waals surface area contributed by atoms with Crippen LogP contribution in [0.15, 0.2) is 30.3 Å². The number of rotatable bonds is 4. The molecule has 0 spiro atoms. The monoisotopic (exact) mass is 262 g/mol. The van der Waals surface area contributed by atoms with Crippen LogP contribution in [0.25, 0.3) is 0 Å². The van der Waals surface area contributed by atoms with Crippen molar-refractivity contribution in [1.29, 1.82) is 0 Å². The Labute approximate surface area is 109 Å². The lowest BCUT2D eigenvalue weighted by Gasteiger charge is -2.16. The Balaban J connectivity index is 2.07. The first-order valence-electron chi connectivity index (χ1n) is 5.92. The highest BCUT2D eigenvalue weighted by atomic mass is 16.4. The predicted octanol–water partition coefficient (Wildman–Crippen LogP) is 0.0646. The fourth-order valence-corrected chi connectivity index (χ4v) is 1.98. The first-order chi connectivity index (χ1) is 9.08. The molecule has 1 saturated heterocycles. The summed E-state index contributed by atoms with van der Waals surface area (Å²) < 4.78 is 0. The van der Waals surface area contributed by atoms with Gasteiger partial charge >= 0.3 is 5.97 Å². The van der Waals surface area contributed by atoms with Crippen LogP contribution in [0.2, 0.25) is 0 Å². The van der Waals surface area contributed by atoms with Crippen molar-refractivity contribution in [2.45, 2.75) is 12.5 Å². The van der Waals surface area contributed by atoms with Gasteiger partial charge in [-0.2, -0.15) is 0 Å². The summed E-state index contributed by atoms with van der Waals surface area (Å²) >= 11 is 0. The number of aliphatic carboxylic acids is 1. The minimum Gasteiger partial charge on any atom is -0.479 e. The SMILES string of the molecule is O=C1C[C@H](C(=O)N[C@H](C(=O)O)c2ccccc2)CN1. The van der Waals surface area contributed by atoms with Crippen LogP contribution in [0.5, 0.6) is 0 Å². The Morgan fingerprint density at radius 2 is 2.00 bits per heavy atom. The summed E-state index contributed by atoms with van der Waals surface area (Å²) in [6, 6.07) is 7.36. The standard InChI is InChI=1S/C13H14N2O4/c16-10-6-9(7-14-10)12(17)15-11(13(18)19)8-4-2-1-3-5-8/h1-5,9,11H,6-7H2,(H,14,16)(H,15,17)(H,18,19)/t9-,11-/m0/s1. The molecule has 3 N–H and O–H groups in total. The topological polar surface area (TPSA) is 95.5 Å². The Morgan fingerprint density at radius 3 is 2.53 bits per heavy atom. The van der Waals surface area contributed by atoms with Crippen LogP contribution < -0.4 is 10.6 Å². The van der Waals surface area contributed by atoms with E-state index in [1.807, 2.05) is 0 Å². The molecule has 1 heterocycles. The van der Waals surface area contributed by atoms with Crippen LogP contribution in [0, 0.1) is 5.92 Å².